The van der Waals surface area contributed by atoms with Crippen LogP contribution in [0.5, 0.6) is 11.5 Å². The quantitative estimate of drug-likeness (QED) is 0.882. The number of hydrogen-bond acceptors (Lipinski definition) is 5. The SMILES string of the molecule is COc1ccc(O)c(-c2ccc([C@@H](O)CN3CCOCC3)cc2)c1. The number of rotatable bonds is 5. The van der Waals surface area contributed by atoms with Gasteiger partial charge in [-0.2, -0.15) is 0 Å². The number of β-amino-alcohol motifs (C(OH)–C–C–N with tert-alkyl or cyclic N) is 1. The third-order valence-electron chi connectivity index (χ3n) is 4.35. The number of benzene rings is 2. The number of nitrogens with zero attached hydrogens (tertiary/aromatic N) is 1. The highest BCUT2D eigenvalue weighted by atomic mass is 16.5. The van der Waals surface area contributed by atoms with Gasteiger partial charge in [0.05, 0.1) is 26.4 Å². The molecule has 1 atom stereocenters. The van der Waals surface area contributed by atoms with Crippen molar-refractivity contribution in [2.75, 3.05) is 40.0 Å². The number of phenolic OH excluding ortho intramolecular Hbond substituents is 1. The molecule has 0 aliphatic carbocycles. The van der Waals surface area contributed by atoms with Crippen LogP contribution in [0.3, 0.4) is 0 Å². The van der Waals surface area contributed by atoms with Gasteiger partial charge in [-0.25, -0.2) is 0 Å². The molecule has 1 heterocycles. The van der Waals surface area contributed by atoms with Crippen molar-refractivity contribution in [1.82, 2.24) is 4.90 Å². The lowest BCUT2D eigenvalue weighted by Crippen LogP contribution is -2.38. The first-order chi connectivity index (χ1) is 11.7. The largest absolute Gasteiger partial charge is 0.507 e. The smallest absolute Gasteiger partial charge is 0.123 e. The van der Waals surface area contributed by atoms with Gasteiger partial charge in [-0.15, -0.1) is 0 Å². The molecule has 1 saturated heterocycles. The summed E-state index contributed by atoms with van der Waals surface area (Å²) < 4.78 is 10.5. The van der Waals surface area contributed by atoms with E-state index < -0.39 is 6.10 Å². The van der Waals surface area contributed by atoms with Gasteiger partial charge in [-0.05, 0) is 29.3 Å². The minimum atomic E-state index is -0.531. The van der Waals surface area contributed by atoms with E-state index >= 15 is 0 Å². The second-order valence-electron chi connectivity index (χ2n) is 5.93. The van der Waals surface area contributed by atoms with Gasteiger partial charge in [0.15, 0.2) is 0 Å². The molecule has 2 N–H and O–H groups in total. The Kier molecular flexibility index (Phi) is 5.35. The zero-order valence-corrected chi connectivity index (χ0v) is 13.8. The van der Waals surface area contributed by atoms with E-state index in [9.17, 15) is 10.2 Å². The Morgan fingerprint density at radius 2 is 1.83 bits per heavy atom. The van der Waals surface area contributed by atoms with Crippen molar-refractivity contribution in [2.24, 2.45) is 0 Å². The van der Waals surface area contributed by atoms with Crippen LogP contribution >= 0.6 is 0 Å². The predicted molar refractivity (Wildman–Crippen MR) is 92.3 cm³/mol. The van der Waals surface area contributed by atoms with Crippen LogP contribution in [-0.4, -0.2) is 55.1 Å². The second-order valence-corrected chi connectivity index (χ2v) is 5.93. The summed E-state index contributed by atoms with van der Waals surface area (Å²) in [6.45, 7) is 3.76. The molecule has 0 aromatic heterocycles. The molecule has 1 fully saturated rings. The highest BCUT2D eigenvalue weighted by molar-refractivity contribution is 5.71. The molecule has 2 aromatic carbocycles. The molecule has 3 rings (SSSR count). The molecular weight excluding hydrogens is 306 g/mol. The summed E-state index contributed by atoms with van der Waals surface area (Å²) in [5.41, 5.74) is 2.46. The Morgan fingerprint density at radius 1 is 1.12 bits per heavy atom. The monoisotopic (exact) mass is 329 g/mol. The average Bonchev–Trinajstić information content (AvgIpc) is 2.63. The van der Waals surface area contributed by atoms with Crippen molar-refractivity contribution in [3.63, 3.8) is 0 Å². The zero-order chi connectivity index (χ0) is 16.9. The second kappa shape index (κ2) is 7.66. The molecule has 5 nitrogen and oxygen atoms in total. The van der Waals surface area contributed by atoms with E-state index in [-0.39, 0.29) is 5.75 Å². The number of aliphatic hydroxyl groups excluding tert-OH is 1. The number of morpholine rings is 1. The number of methoxy groups -OCH3 is 1. The van der Waals surface area contributed by atoms with E-state index in [2.05, 4.69) is 4.90 Å². The summed E-state index contributed by atoms with van der Waals surface area (Å²) in [5, 5.41) is 20.5. The van der Waals surface area contributed by atoms with Crippen LogP contribution in [0.4, 0.5) is 0 Å². The molecule has 1 aliphatic rings. The van der Waals surface area contributed by atoms with Crippen molar-refractivity contribution in [3.05, 3.63) is 48.0 Å². The van der Waals surface area contributed by atoms with Crippen LogP contribution in [0.15, 0.2) is 42.5 Å². The predicted octanol–water partition coefficient (Wildman–Crippen LogP) is 2.43. The lowest BCUT2D eigenvalue weighted by atomic mass is 10.0. The minimum Gasteiger partial charge on any atom is -0.507 e. The number of aliphatic hydroxyl groups is 1. The maximum atomic E-state index is 10.4. The highest BCUT2D eigenvalue weighted by Gasteiger charge is 2.16. The minimum absolute atomic E-state index is 0.206. The fourth-order valence-electron chi connectivity index (χ4n) is 2.89. The van der Waals surface area contributed by atoms with Gasteiger partial charge in [-0.1, -0.05) is 24.3 Å². The molecule has 0 radical (unpaired) electrons. The molecule has 24 heavy (non-hydrogen) atoms. The van der Waals surface area contributed by atoms with E-state index in [4.69, 9.17) is 9.47 Å². The summed E-state index contributed by atoms with van der Waals surface area (Å²) in [6, 6.07) is 12.8. The number of aromatic hydroxyl groups is 1. The first-order valence-corrected chi connectivity index (χ1v) is 8.13. The van der Waals surface area contributed by atoms with E-state index in [0.29, 0.717) is 17.9 Å². The van der Waals surface area contributed by atoms with Gasteiger partial charge in [0.1, 0.15) is 11.5 Å². The molecular formula is C19H23NO4. The van der Waals surface area contributed by atoms with Crippen molar-refractivity contribution in [1.29, 1.82) is 0 Å². The standard InChI is InChI=1S/C19H23NO4/c1-23-16-6-7-18(21)17(12-16)14-2-4-15(5-3-14)19(22)13-20-8-10-24-11-9-20/h2-7,12,19,21-22H,8-11,13H2,1H3/t19-/m0/s1. The van der Waals surface area contributed by atoms with Gasteiger partial charge >= 0.3 is 0 Å². The van der Waals surface area contributed by atoms with Crippen LogP contribution < -0.4 is 4.74 Å². The van der Waals surface area contributed by atoms with Gasteiger partial charge in [0.2, 0.25) is 0 Å². The Balaban J connectivity index is 1.73. The topological polar surface area (TPSA) is 62.2 Å². The van der Waals surface area contributed by atoms with Crippen LogP contribution in [0, 0.1) is 0 Å². The van der Waals surface area contributed by atoms with Gasteiger partial charge in [-0.3, -0.25) is 4.90 Å². The Labute approximate surface area is 142 Å². The molecule has 0 unspecified atom stereocenters. The van der Waals surface area contributed by atoms with Gasteiger partial charge in [0, 0.05) is 25.2 Å². The summed E-state index contributed by atoms with van der Waals surface area (Å²) >= 11 is 0. The van der Waals surface area contributed by atoms with E-state index in [1.54, 1.807) is 25.3 Å². The van der Waals surface area contributed by atoms with E-state index in [1.165, 1.54) is 0 Å². The number of hydrogen-bond donors (Lipinski definition) is 2. The number of phenols is 1. The Hall–Kier alpha value is -2.08. The fraction of sp³-hybridized carbons (Fsp3) is 0.368. The molecule has 0 spiro atoms. The lowest BCUT2D eigenvalue weighted by Gasteiger charge is -2.28. The van der Waals surface area contributed by atoms with Crippen LogP contribution in [0.1, 0.15) is 11.7 Å². The summed E-state index contributed by atoms with van der Waals surface area (Å²) in [5.74, 6) is 0.900. The van der Waals surface area contributed by atoms with Crippen molar-refractivity contribution >= 4 is 0 Å². The normalized spacial score (nSPS) is 16.8. The number of ether oxygens (including phenoxy) is 2. The Morgan fingerprint density at radius 3 is 2.50 bits per heavy atom. The van der Waals surface area contributed by atoms with Gasteiger partial charge < -0.3 is 19.7 Å². The van der Waals surface area contributed by atoms with Crippen molar-refractivity contribution in [3.8, 4) is 22.6 Å². The summed E-state index contributed by atoms with van der Waals surface area (Å²) in [4.78, 5) is 2.20. The van der Waals surface area contributed by atoms with Crippen LogP contribution in [0.2, 0.25) is 0 Å². The molecule has 0 bridgehead atoms. The highest BCUT2D eigenvalue weighted by Crippen LogP contribution is 2.33. The van der Waals surface area contributed by atoms with E-state index in [1.807, 2.05) is 24.3 Å². The lowest BCUT2D eigenvalue weighted by molar-refractivity contribution is 0.0143. The first kappa shape index (κ1) is 16.8. The van der Waals surface area contributed by atoms with Crippen molar-refractivity contribution in [2.45, 2.75) is 6.10 Å². The molecule has 5 heteroatoms. The van der Waals surface area contributed by atoms with E-state index in [0.717, 1.165) is 37.4 Å². The molecule has 0 saturated carbocycles. The summed E-state index contributed by atoms with van der Waals surface area (Å²) in [6.07, 6.45) is -0.531. The molecule has 0 amide bonds. The van der Waals surface area contributed by atoms with Crippen LogP contribution in [0.25, 0.3) is 11.1 Å². The zero-order valence-electron chi connectivity index (χ0n) is 13.8. The molecule has 1 aliphatic heterocycles. The van der Waals surface area contributed by atoms with Gasteiger partial charge in [0.25, 0.3) is 0 Å². The third-order valence-corrected chi connectivity index (χ3v) is 4.35. The summed E-state index contributed by atoms with van der Waals surface area (Å²) in [7, 11) is 1.60. The van der Waals surface area contributed by atoms with Crippen molar-refractivity contribution < 1.29 is 19.7 Å². The maximum Gasteiger partial charge on any atom is 0.123 e. The molecule has 2 aromatic rings. The average molecular weight is 329 g/mol. The first-order valence-electron chi connectivity index (χ1n) is 8.13. The van der Waals surface area contributed by atoms with Crippen LogP contribution in [-0.2, 0) is 4.74 Å². The maximum absolute atomic E-state index is 10.4. The Bertz CT molecular complexity index is 666. The third kappa shape index (κ3) is 3.87. The molecule has 128 valence electrons. The fourth-order valence-corrected chi connectivity index (χ4v) is 2.89.